The summed E-state index contributed by atoms with van der Waals surface area (Å²) in [6, 6.07) is 0. The van der Waals surface area contributed by atoms with Gasteiger partial charge in [0, 0.05) is 0 Å². The molecule has 6 heteroatoms. The van der Waals surface area contributed by atoms with Gasteiger partial charge in [-0.2, -0.15) is 8.42 Å². The van der Waals surface area contributed by atoms with Crippen LogP contribution in [-0.4, -0.2) is 50.8 Å². The second-order valence-electron chi connectivity index (χ2n) is 1.25. The first-order chi connectivity index (χ1) is 4.12. The molecule has 0 atom stereocenters. The van der Waals surface area contributed by atoms with Crippen LogP contribution in [0.4, 0.5) is 0 Å². The van der Waals surface area contributed by atoms with Crippen molar-refractivity contribution < 1.29 is 17.6 Å². The van der Waals surface area contributed by atoms with Gasteiger partial charge in [0.25, 0.3) is 10.1 Å². The van der Waals surface area contributed by atoms with Gasteiger partial charge in [-0.15, -0.1) is 10.9 Å². The normalized spacial score (nSPS) is 10.1. The average molecular weight is 176 g/mol. The molecular formula is C4H9NaO4S. The van der Waals surface area contributed by atoms with E-state index >= 15 is 0 Å². The molecule has 4 nitrogen and oxygen atoms in total. The van der Waals surface area contributed by atoms with Crippen LogP contribution in [0.5, 0.6) is 0 Å². The van der Waals surface area contributed by atoms with Crippen molar-refractivity contribution >= 4 is 39.7 Å². The van der Waals surface area contributed by atoms with Crippen LogP contribution in [-0.2, 0) is 19.3 Å². The van der Waals surface area contributed by atoms with Crippen molar-refractivity contribution in [3.8, 4) is 0 Å². The second kappa shape index (κ2) is 6.33. The minimum absolute atomic E-state index is 0. The van der Waals surface area contributed by atoms with E-state index in [0.29, 0.717) is 0 Å². The quantitative estimate of drug-likeness (QED) is 0.249. The molecule has 56 valence electrons. The zero-order valence-corrected chi connectivity index (χ0v) is 5.85. The third-order valence-electron chi connectivity index (χ3n) is 0.494. The monoisotopic (exact) mass is 176 g/mol. The Bertz CT molecular complexity index is 174. The molecule has 10 heavy (non-hydrogen) atoms. The molecular weight excluding hydrogens is 167 g/mol. The predicted octanol–water partition coefficient (Wildman–Crippen LogP) is -0.568. The first-order valence-corrected chi connectivity index (χ1v) is 3.76. The topological polar surface area (TPSA) is 52.6 Å². The molecule has 0 N–H and O–H groups in total. The van der Waals surface area contributed by atoms with Gasteiger partial charge in [-0.25, -0.2) is 4.89 Å². The molecule has 0 aliphatic heterocycles. The molecule has 0 aliphatic rings. The van der Waals surface area contributed by atoms with E-state index in [1.54, 1.807) is 0 Å². The third-order valence-corrected chi connectivity index (χ3v) is 1.48. The molecule has 0 aromatic rings. The van der Waals surface area contributed by atoms with Crippen molar-refractivity contribution in [2.24, 2.45) is 0 Å². The predicted molar refractivity (Wildman–Crippen MR) is 39.2 cm³/mol. The molecule has 0 saturated carbocycles. The van der Waals surface area contributed by atoms with E-state index in [1.165, 1.54) is 6.08 Å². The molecule has 0 aromatic heterocycles. The maximum atomic E-state index is 10.4. The van der Waals surface area contributed by atoms with Crippen molar-refractivity contribution in [1.82, 2.24) is 0 Å². The average Bonchev–Trinajstić information content (AvgIpc) is 1.64. The summed E-state index contributed by atoms with van der Waals surface area (Å²) in [4.78, 5) is 3.92. The second-order valence-corrected chi connectivity index (χ2v) is 2.83. The van der Waals surface area contributed by atoms with Crippen LogP contribution in [0.25, 0.3) is 0 Å². The van der Waals surface area contributed by atoms with E-state index in [2.05, 4.69) is 15.8 Å². The Hall–Kier alpha value is 0.610. The van der Waals surface area contributed by atoms with Gasteiger partial charge in [0.05, 0.1) is 12.9 Å². The Balaban J connectivity index is 0. The Labute approximate surface area is 82.5 Å². The van der Waals surface area contributed by atoms with Gasteiger partial charge in [-0.05, 0) is 0 Å². The summed E-state index contributed by atoms with van der Waals surface area (Å²) in [6.07, 6.45) is 1.22. The number of hydrogen-bond acceptors (Lipinski definition) is 4. The van der Waals surface area contributed by atoms with Crippen LogP contribution in [0.3, 0.4) is 0 Å². The van der Waals surface area contributed by atoms with Crippen LogP contribution in [0.1, 0.15) is 0 Å². The van der Waals surface area contributed by atoms with Crippen LogP contribution in [0.2, 0.25) is 0 Å². The fourth-order valence-electron chi connectivity index (χ4n) is 0.276. The third kappa shape index (κ3) is 6.73. The van der Waals surface area contributed by atoms with Gasteiger partial charge >= 0.3 is 29.6 Å². The zero-order valence-electron chi connectivity index (χ0n) is 5.03. The Kier molecular flexibility index (Phi) is 8.36. The molecule has 0 aliphatic carbocycles. The van der Waals surface area contributed by atoms with Crippen LogP contribution in [0.15, 0.2) is 12.7 Å². The molecule has 0 spiro atoms. The van der Waals surface area contributed by atoms with Crippen LogP contribution >= 0.6 is 0 Å². The van der Waals surface area contributed by atoms with E-state index in [4.69, 9.17) is 0 Å². The molecule has 0 unspecified atom stereocenters. The number of hydrogen-bond donors (Lipinski definition) is 0. The summed E-state index contributed by atoms with van der Waals surface area (Å²) < 4.78 is 24.7. The fourth-order valence-corrected chi connectivity index (χ4v) is 0.827. The van der Waals surface area contributed by atoms with Gasteiger partial charge in [-0.3, -0.25) is 0 Å². The van der Waals surface area contributed by atoms with Crippen molar-refractivity contribution in [2.45, 2.75) is 0 Å². The Morgan fingerprint density at radius 1 is 1.60 bits per heavy atom. The molecule has 0 amide bonds. The molecule has 0 heterocycles. The summed E-state index contributed by atoms with van der Waals surface area (Å²) >= 11 is 0. The minimum atomic E-state index is -3.52. The van der Waals surface area contributed by atoms with Crippen LogP contribution in [0, 0.1) is 0 Å². The van der Waals surface area contributed by atoms with E-state index in [1.807, 2.05) is 0 Å². The van der Waals surface area contributed by atoms with Crippen molar-refractivity contribution in [3.05, 3.63) is 12.7 Å². The van der Waals surface area contributed by atoms with E-state index in [-0.39, 0.29) is 35.3 Å². The number of rotatable bonds is 4. The zero-order chi connectivity index (χ0) is 7.33. The van der Waals surface area contributed by atoms with Gasteiger partial charge in [0.2, 0.25) is 0 Å². The van der Waals surface area contributed by atoms with Gasteiger partial charge in [0.1, 0.15) is 0 Å². The van der Waals surface area contributed by atoms with Crippen molar-refractivity contribution in [1.29, 1.82) is 0 Å². The molecule has 0 bridgehead atoms. The summed E-state index contributed by atoms with van der Waals surface area (Å²) in [5, 5.41) is 0. The van der Waals surface area contributed by atoms with Gasteiger partial charge < -0.3 is 0 Å². The molecule has 0 fully saturated rings. The summed E-state index contributed by atoms with van der Waals surface area (Å²) in [6.45, 7) is 3.21. The van der Waals surface area contributed by atoms with Gasteiger partial charge in [0.15, 0.2) is 0 Å². The molecule has 0 rings (SSSR count). The van der Waals surface area contributed by atoms with Crippen LogP contribution < -0.4 is 0 Å². The van der Waals surface area contributed by atoms with Crippen molar-refractivity contribution in [3.63, 3.8) is 0 Å². The van der Waals surface area contributed by atoms with E-state index < -0.39 is 10.1 Å². The summed E-state index contributed by atoms with van der Waals surface area (Å²) in [5.74, 6) is -0.235. The standard InChI is InChI=1S/C4H8O4S.Na.H/c1-3-4-9(5,6)8-7-2;;/h3H,1,4H2,2H3;;. The van der Waals surface area contributed by atoms with E-state index in [0.717, 1.165) is 7.11 Å². The SMILES string of the molecule is C=CCS(=O)(=O)OOC.[NaH]. The Morgan fingerprint density at radius 3 is 2.40 bits per heavy atom. The molecule has 0 saturated heterocycles. The molecule has 0 radical (unpaired) electrons. The van der Waals surface area contributed by atoms with E-state index in [9.17, 15) is 8.42 Å². The molecule has 0 aromatic carbocycles. The maximum absolute atomic E-state index is 10.4. The summed E-state index contributed by atoms with van der Waals surface area (Å²) in [7, 11) is -2.40. The van der Waals surface area contributed by atoms with Crippen molar-refractivity contribution in [2.75, 3.05) is 12.9 Å². The summed E-state index contributed by atoms with van der Waals surface area (Å²) in [5.41, 5.74) is 0. The first-order valence-electron chi connectivity index (χ1n) is 2.18. The fraction of sp³-hybridized carbons (Fsp3) is 0.500. The Morgan fingerprint density at radius 2 is 2.10 bits per heavy atom. The first kappa shape index (κ1) is 13.2. The van der Waals surface area contributed by atoms with Gasteiger partial charge in [-0.1, -0.05) is 6.08 Å².